The zero-order chi connectivity index (χ0) is 16.4. The zero-order valence-electron chi connectivity index (χ0n) is 13.8. The minimum atomic E-state index is 0.186. The first kappa shape index (κ1) is 14.0. The summed E-state index contributed by atoms with van der Waals surface area (Å²) in [7, 11) is 3.84. The zero-order valence-corrected chi connectivity index (χ0v) is 13.8. The van der Waals surface area contributed by atoms with Crippen LogP contribution in [0.25, 0.3) is 11.1 Å². The van der Waals surface area contributed by atoms with Crippen molar-refractivity contribution in [3.8, 4) is 34.1 Å². The summed E-state index contributed by atoms with van der Waals surface area (Å²) in [6.45, 7) is 1.16. The molecule has 1 N–H and O–H groups in total. The number of nitrogens with zero attached hydrogens (tertiary/aromatic N) is 1. The average Bonchev–Trinajstić information content (AvgIpc) is 3.06. The summed E-state index contributed by atoms with van der Waals surface area (Å²) in [5.41, 5.74) is 5.42. The van der Waals surface area contributed by atoms with Gasteiger partial charge < -0.3 is 19.3 Å². The summed E-state index contributed by atoms with van der Waals surface area (Å²) in [6.07, 6.45) is 1.78. The van der Waals surface area contributed by atoms with Gasteiger partial charge in [0.25, 0.3) is 0 Å². The second kappa shape index (κ2) is 4.80. The van der Waals surface area contributed by atoms with Crippen LogP contribution in [0.3, 0.4) is 0 Å². The molecule has 3 aliphatic rings. The van der Waals surface area contributed by atoms with E-state index in [1.165, 1.54) is 11.1 Å². The lowest BCUT2D eigenvalue weighted by atomic mass is 9.76. The van der Waals surface area contributed by atoms with Gasteiger partial charge in [-0.05, 0) is 37.1 Å². The fraction of sp³-hybridized carbons (Fsp3) is 0.368. The average molecular weight is 325 g/mol. The molecule has 0 bridgehead atoms. The second-order valence-electron chi connectivity index (χ2n) is 6.63. The van der Waals surface area contributed by atoms with Gasteiger partial charge in [-0.3, -0.25) is 4.90 Å². The van der Waals surface area contributed by atoms with Gasteiger partial charge in [-0.1, -0.05) is 12.1 Å². The Kier molecular flexibility index (Phi) is 2.80. The Labute approximate surface area is 140 Å². The van der Waals surface area contributed by atoms with Gasteiger partial charge in [0.15, 0.2) is 11.5 Å². The summed E-state index contributed by atoms with van der Waals surface area (Å²) in [5.74, 6) is 2.46. The van der Waals surface area contributed by atoms with E-state index in [0.29, 0.717) is 17.2 Å². The van der Waals surface area contributed by atoms with E-state index in [1.54, 1.807) is 13.2 Å². The fourth-order valence-electron chi connectivity index (χ4n) is 4.42. The van der Waals surface area contributed by atoms with Gasteiger partial charge in [-0.25, -0.2) is 0 Å². The van der Waals surface area contributed by atoms with Crippen LogP contribution in [0, 0.1) is 0 Å². The van der Waals surface area contributed by atoms with Gasteiger partial charge in [0.1, 0.15) is 5.75 Å². The van der Waals surface area contributed by atoms with Crippen LogP contribution in [0.4, 0.5) is 0 Å². The molecule has 2 aromatic rings. The Morgan fingerprint density at radius 3 is 2.88 bits per heavy atom. The third-order valence-electron chi connectivity index (χ3n) is 5.49. The molecule has 5 rings (SSSR count). The number of phenols is 1. The number of methoxy groups -OCH3 is 1. The quantitative estimate of drug-likeness (QED) is 0.874. The van der Waals surface area contributed by atoms with Crippen molar-refractivity contribution in [1.82, 2.24) is 4.90 Å². The van der Waals surface area contributed by atoms with Crippen LogP contribution in [-0.4, -0.2) is 37.5 Å². The van der Waals surface area contributed by atoms with Crippen molar-refractivity contribution >= 4 is 0 Å². The predicted molar refractivity (Wildman–Crippen MR) is 89.0 cm³/mol. The van der Waals surface area contributed by atoms with Crippen molar-refractivity contribution in [1.29, 1.82) is 0 Å². The number of ether oxygens (including phenoxy) is 3. The SMILES string of the molecule is COc1c2c3c(c4c1OCO4)-c1c(O)cccc1CC3N(C)CC2. The van der Waals surface area contributed by atoms with E-state index in [-0.39, 0.29) is 12.8 Å². The molecule has 0 saturated heterocycles. The van der Waals surface area contributed by atoms with Crippen LogP contribution in [0.2, 0.25) is 0 Å². The van der Waals surface area contributed by atoms with Crippen LogP contribution >= 0.6 is 0 Å². The van der Waals surface area contributed by atoms with Gasteiger partial charge in [-0.15, -0.1) is 0 Å². The van der Waals surface area contributed by atoms with Crippen molar-refractivity contribution in [3.63, 3.8) is 0 Å². The molecule has 1 atom stereocenters. The van der Waals surface area contributed by atoms with Gasteiger partial charge in [0, 0.05) is 29.3 Å². The molecule has 2 heterocycles. The van der Waals surface area contributed by atoms with E-state index in [1.807, 2.05) is 6.07 Å². The number of aromatic hydroxyl groups is 1. The highest BCUT2D eigenvalue weighted by atomic mass is 16.7. The van der Waals surface area contributed by atoms with Crippen LogP contribution in [0.15, 0.2) is 18.2 Å². The van der Waals surface area contributed by atoms with E-state index in [2.05, 4.69) is 18.0 Å². The first-order valence-electron chi connectivity index (χ1n) is 8.24. The third kappa shape index (κ3) is 1.62. The van der Waals surface area contributed by atoms with Gasteiger partial charge in [0.05, 0.1) is 7.11 Å². The molecule has 5 heteroatoms. The van der Waals surface area contributed by atoms with E-state index >= 15 is 0 Å². The molecule has 2 aromatic carbocycles. The molecular weight excluding hydrogens is 306 g/mol. The molecule has 0 radical (unpaired) electrons. The molecule has 24 heavy (non-hydrogen) atoms. The molecule has 5 nitrogen and oxygen atoms in total. The molecule has 2 aliphatic heterocycles. The number of hydrogen-bond donors (Lipinski definition) is 1. The normalized spacial score (nSPS) is 20.5. The summed E-state index contributed by atoms with van der Waals surface area (Å²) in [4.78, 5) is 2.38. The number of benzene rings is 2. The number of rotatable bonds is 1. The lowest BCUT2D eigenvalue weighted by Crippen LogP contribution is -2.35. The van der Waals surface area contributed by atoms with Crippen molar-refractivity contribution in [2.75, 3.05) is 27.5 Å². The fourth-order valence-corrected chi connectivity index (χ4v) is 4.42. The highest BCUT2D eigenvalue weighted by Gasteiger charge is 2.41. The lowest BCUT2D eigenvalue weighted by Gasteiger charge is -2.40. The van der Waals surface area contributed by atoms with Gasteiger partial charge in [-0.2, -0.15) is 0 Å². The molecule has 0 fully saturated rings. The lowest BCUT2D eigenvalue weighted by molar-refractivity contribution is 0.171. The smallest absolute Gasteiger partial charge is 0.231 e. The van der Waals surface area contributed by atoms with Crippen molar-refractivity contribution in [2.24, 2.45) is 0 Å². The van der Waals surface area contributed by atoms with Crippen LogP contribution < -0.4 is 14.2 Å². The minimum Gasteiger partial charge on any atom is -0.507 e. The van der Waals surface area contributed by atoms with Crippen LogP contribution in [-0.2, 0) is 12.8 Å². The highest BCUT2D eigenvalue weighted by molar-refractivity contribution is 5.89. The van der Waals surface area contributed by atoms with Crippen molar-refractivity contribution < 1.29 is 19.3 Å². The van der Waals surface area contributed by atoms with Crippen molar-refractivity contribution in [2.45, 2.75) is 18.9 Å². The molecule has 1 unspecified atom stereocenters. The van der Waals surface area contributed by atoms with Crippen LogP contribution in [0.1, 0.15) is 22.7 Å². The van der Waals surface area contributed by atoms with E-state index < -0.39 is 0 Å². The maximum absolute atomic E-state index is 10.6. The maximum atomic E-state index is 10.6. The summed E-state index contributed by atoms with van der Waals surface area (Å²) in [6, 6.07) is 6.00. The number of hydrogen-bond acceptors (Lipinski definition) is 5. The molecule has 0 aromatic heterocycles. The molecule has 124 valence electrons. The first-order chi connectivity index (χ1) is 11.7. The monoisotopic (exact) mass is 325 g/mol. The Balaban J connectivity index is 1.93. The molecular formula is C19H19NO4. The Morgan fingerprint density at radius 2 is 2.04 bits per heavy atom. The van der Waals surface area contributed by atoms with Gasteiger partial charge in [0.2, 0.25) is 12.5 Å². The molecule has 0 amide bonds. The number of phenolic OH excluding ortho intramolecular Hbond substituents is 1. The summed E-state index contributed by atoms with van der Waals surface area (Å²) >= 11 is 0. The Bertz CT molecular complexity index is 861. The number of fused-ring (bicyclic) bond motifs is 4. The third-order valence-corrected chi connectivity index (χ3v) is 5.49. The topological polar surface area (TPSA) is 51.2 Å². The van der Waals surface area contributed by atoms with Gasteiger partial charge >= 0.3 is 0 Å². The minimum absolute atomic E-state index is 0.186. The predicted octanol–water partition coefficient (Wildman–Crippen LogP) is 2.88. The Morgan fingerprint density at radius 1 is 1.21 bits per heavy atom. The molecule has 0 spiro atoms. The maximum Gasteiger partial charge on any atom is 0.231 e. The Hall–Kier alpha value is -2.40. The highest BCUT2D eigenvalue weighted by Crippen LogP contribution is 2.59. The number of likely N-dealkylation sites (N-methyl/N-ethyl adjacent to an activating group) is 1. The molecule has 1 aliphatic carbocycles. The van der Waals surface area contributed by atoms with Crippen LogP contribution in [0.5, 0.6) is 23.0 Å². The standard InChI is InChI=1S/C19H19NO4/c1-20-7-6-11-15-12(20)8-10-4-3-5-13(21)14(10)16(15)18-19(17(11)22-2)24-9-23-18/h3-5,12,21H,6-9H2,1-2H3. The second-order valence-corrected chi connectivity index (χ2v) is 6.63. The summed E-state index contributed by atoms with van der Waals surface area (Å²) in [5, 5.41) is 10.6. The first-order valence-corrected chi connectivity index (χ1v) is 8.24. The molecule has 0 saturated carbocycles. The van der Waals surface area contributed by atoms with E-state index in [9.17, 15) is 5.11 Å². The van der Waals surface area contributed by atoms with E-state index in [0.717, 1.165) is 41.8 Å². The van der Waals surface area contributed by atoms with Crippen molar-refractivity contribution in [3.05, 3.63) is 34.9 Å². The summed E-state index contributed by atoms with van der Waals surface area (Å²) < 4.78 is 17.2. The largest absolute Gasteiger partial charge is 0.507 e. The van der Waals surface area contributed by atoms with E-state index in [4.69, 9.17) is 14.2 Å².